The van der Waals surface area contributed by atoms with Crippen LogP contribution in [0, 0.1) is 13.8 Å². The van der Waals surface area contributed by atoms with E-state index in [1.807, 2.05) is 26.0 Å². The van der Waals surface area contributed by atoms with Crippen LogP contribution in [0.1, 0.15) is 55.1 Å². The average molecular weight is 333 g/mol. The standard InChI is InChI=1S/C17H21F2N5/c1-10-7-11(2)24(23-10)16-21-14(12-3-4-12)8-15(22-16)20-13-5-6-17(18,19)9-13/h7-8,12-13H,3-6,9H2,1-2H3,(H,20,21,22). The molecule has 2 aromatic heterocycles. The molecule has 0 aliphatic heterocycles. The molecule has 0 aromatic carbocycles. The maximum absolute atomic E-state index is 13.4. The van der Waals surface area contributed by atoms with E-state index < -0.39 is 5.92 Å². The van der Waals surface area contributed by atoms with Crippen LogP contribution >= 0.6 is 0 Å². The lowest BCUT2D eigenvalue weighted by molar-refractivity contribution is 0.00852. The summed E-state index contributed by atoms with van der Waals surface area (Å²) in [6.45, 7) is 3.88. The molecule has 7 heteroatoms. The van der Waals surface area contributed by atoms with Gasteiger partial charge in [-0.3, -0.25) is 0 Å². The number of aromatic nitrogens is 4. The van der Waals surface area contributed by atoms with Crippen molar-refractivity contribution < 1.29 is 8.78 Å². The van der Waals surface area contributed by atoms with Crippen LogP contribution in [0.5, 0.6) is 0 Å². The molecule has 2 fully saturated rings. The second-order valence-corrected chi connectivity index (χ2v) is 7.03. The van der Waals surface area contributed by atoms with Crippen LogP contribution in [0.15, 0.2) is 12.1 Å². The molecule has 2 aliphatic carbocycles. The number of hydrogen-bond donors (Lipinski definition) is 1. The number of nitrogens with one attached hydrogen (secondary N) is 1. The SMILES string of the molecule is Cc1cc(C)n(-c2nc(NC3CCC(F)(F)C3)cc(C3CC3)n2)n1. The van der Waals surface area contributed by atoms with Crippen molar-refractivity contribution in [1.29, 1.82) is 0 Å². The summed E-state index contributed by atoms with van der Waals surface area (Å²) in [6.07, 6.45) is 2.51. The first-order valence-corrected chi connectivity index (χ1v) is 8.47. The molecule has 24 heavy (non-hydrogen) atoms. The maximum Gasteiger partial charge on any atom is 0.252 e. The summed E-state index contributed by atoms with van der Waals surface area (Å²) in [5.74, 6) is -0.980. The summed E-state index contributed by atoms with van der Waals surface area (Å²) < 4.78 is 28.6. The van der Waals surface area contributed by atoms with Crippen LogP contribution < -0.4 is 5.32 Å². The van der Waals surface area contributed by atoms with Crippen molar-refractivity contribution in [2.24, 2.45) is 0 Å². The molecule has 0 saturated heterocycles. The van der Waals surface area contributed by atoms with Gasteiger partial charge in [-0.05, 0) is 39.2 Å². The van der Waals surface area contributed by atoms with Gasteiger partial charge in [-0.2, -0.15) is 10.1 Å². The Morgan fingerprint density at radius 3 is 2.54 bits per heavy atom. The van der Waals surface area contributed by atoms with Crippen LogP contribution in [0.25, 0.3) is 5.95 Å². The zero-order chi connectivity index (χ0) is 16.9. The molecule has 128 valence electrons. The van der Waals surface area contributed by atoms with Crippen molar-refractivity contribution in [1.82, 2.24) is 19.7 Å². The van der Waals surface area contributed by atoms with Gasteiger partial charge in [0.15, 0.2) is 0 Å². The Bertz CT molecular complexity index is 766. The smallest absolute Gasteiger partial charge is 0.252 e. The number of nitrogens with zero attached hydrogens (tertiary/aromatic N) is 4. The fraction of sp³-hybridized carbons (Fsp3) is 0.588. The van der Waals surface area contributed by atoms with E-state index in [2.05, 4.69) is 20.4 Å². The van der Waals surface area contributed by atoms with Gasteiger partial charge < -0.3 is 5.32 Å². The molecule has 2 aromatic rings. The largest absolute Gasteiger partial charge is 0.367 e. The zero-order valence-corrected chi connectivity index (χ0v) is 13.9. The Balaban J connectivity index is 1.65. The topological polar surface area (TPSA) is 55.6 Å². The fourth-order valence-electron chi connectivity index (χ4n) is 3.32. The van der Waals surface area contributed by atoms with E-state index in [-0.39, 0.29) is 18.9 Å². The highest BCUT2D eigenvalue weighted by molar-refractivity contribution is 5.42. The summed E-state index contributed by atoms with van der Waals surface area (Å²) in [6, 6.07) is 3.64. The van der Waals surface area contributed by atoms with Gasteiger partial charge in [-0.25, -0.2) is 18.4 Å². The first kappa shape index (κ1) is 15.5. The third kappa shape index (κ3) is 3.12. The van der Waals surface area contributed by atoms with Gasteiger partial charge in [0.2, 0.25) is 5.92 Å². The van der Waals surface area contributed by atoms with Crippen molar-refractivity contribution in [2.75, 3.05) is 5.32 Å². The number of anilines is 1. The Morgan fingerprint density at radius 2 is 1.96 bits per heavy atom. The van der Waals surface area contributed by atoms with E-state index in [0.29, 0.717) is 24.1 Å². The minimum atomic E-state index is -2.57. The van der Waals surface area contributed by atoms with Crippen molar-refractivity contribution in [3.63, 3.8) is 0 Å². The third-order valence-electron chi connectivity index (χ3n) is 4.68. The minimum Gasteiger partial charge on any atom is -0.367 e. The normalized spacial score (nSPS) is 22.8. The second kappa shape index (κ2) is 5.50. The van der Waals surface area contributed by atoms with Gasteiger partial charge in [0.25, 0.3) is 5.95 Å². The van der Waals surface area contributed by atoms with E-state index >= 15 is 0 Å². The molecular weight excluding hydrogens is 312 g/mol. The molecule has 0 amide bonds. The zero-order valence-electron chi connectivity index (χ0n) is 13.9. The summed E-state index contributed by atoms with van der Waals surface area (Å²) >= 11 is 0. The van der Waals surface area contributed by atoms with Crippen LogP contribution in [0.4, 0.5) is 14.6 Å². The molecule has 2 heterocycles. The van der Waals surface area contributed by atoms with Crippen molar-refractivity contribution in [3.8, 4) is 5.95 Å². The molecule has 1 unspecified atom stereocenters. The molecule has 0 bridgehead atoms. The number of hydrogen-bond acceptors (Lipinski definition) is 4. The molecule has 0 spiro atoms. The molecular formula is C17H21F2N5. The van der Waals surface area contributed by atoms with E-state index in [1.165, 1.54) is 0 Å². The van der Waals surface area contributed by atoms with Crippen molar-refractivity contribution in [3.05, 3.63) is 29.2 Å². The van der Waals surface area contributed by atoms with Crippen LogP contribution in [-0.2, 0) is 0 Å². The Morgan fingerprint density at radius 1 is 1.17 bits per heavy atom. The highest BCUT2D eigenvalue weighted by atomic mass is 19.3. The predicted molar refractivity (Wildman–Crippen MR) is 86.8 cm³/mol. The molecule has 5 nitrogen and oxygen atoms in total. The van der Waals surface area contributed by atoms with Crippen LogP contribution in [0.3, 0.4) is 0 Å². The lowest BCUT2D eigenvalue weighted by Gasteiger charge is -2.15. The van der Waals surface area contributed by atoms with Crippen molar-refractivity contribution >= 4 is 5.82 Å². The molecule has 4 rings (SSSR count). The highest BCUT2D eigenvalue weighted by Crippen LogP contribution is 2.40. The summed E-state index contributed by atoms with van der Waals surface area (Å²) in [4.78, 5) is 9.18. The quantitative estimate of drug-likeness (QED) is 0.926. The molecule has 1 atom stereocenters. The Hall–Kier alpha value is -2.05. The second-order valence-electron chi connectivity index (χ2n) is 7.03. The van der Waals surface area contributed by atoms with Gasteiger partial charge in [0.05, 0.1) is 11.4 Å². The predicted octanol–water partition coefficient (Wildman–Crippen LogP) is 3.76. The van der Waals surface area contributed by atoms with Gasteiger partial charge in [-0.1, -0.05) is 0 Å². The van der Waals surface area contributed by atoms with Crippen molar-refractivity contribution in [2.45, 2.75) is 63.8 Å². The van der Waals surface area contributed by atoms with E-state index in [9.17, 15) is 8.78 Å². The van der Waals surface area contributed by atoms with E-state index in [1.54, 1.807) is 4.68 Å². The highest BCUT2D eigenvalue weighted by Gasteiger charge is 2.39. The maximum atomic E-state index is 13.4. The average Bonchev–Trinajstić information content (AvgIpc) is 3.22. The first-order valence-electron chi connectivity index (χ1n) is 8.47. The lowest BCUT2D eigenvalue weighted by atomic mass is 10.2. The van der Waals surface area contributed by atoms with Crippen LogP contribution in [-0.4, -0.2) is 31.7 Å². The van der Waals surface area contributed by atoms with Gasteiger partial charge >= 0.3 is 0 Å². The summed E-state index contributed by atoms with van der Waals surface area (Å²) in [5, 5.41) is 7.62. The van der Waals surface area contributed by atoms with E-state index in [4.69, 9.17) is 0 Å². The Labute approximate surface area is 139 Å². The van der Waals surface area contributed by atoms with E-state index in [0.717, 1.165) is 29.9 Å². The summed E-state index contributed by atoms with van der Waals surface area (Å²) in [7, 11) is 0. The lowest BCUT2D eigenvalue weighted by Crippen LogP contribution is -2.20. The summed E-state index contributed by atoms with van der Waals surface area (Å²) in [5.41, 5.74) is 2.83. The number of aryl methyl sites for hydroxylation is 2. The monoisotopic (exact) mass is 333 g/mol. The van der Waals surface area contributed by atoms with Gasteiger partial charge in [-0.15, -0.1) is 0 Å². The molecule has 2 saturated carbocycles. The fourth-order valence-corrected chi connectivity index (χ4v) is 3.32. The molecule has 1 N–H and O–H groups in total. The minimum absolute atomic E-state index is 0.0600. The van der Waals surface area contributed by atoms with Crippen LogP contribution in [0.2, 0.25) is 0 Å². The number of halogens is 2. The Kier molecular flexibility index (Phi) is 3.54. The van der Waals surface area contributed by atoms with Gasteiger partial charge in [0, 0.05) is 36.6 Å². The number of alkyl halides is 2. The molecule has 2 aliphatic rings. The number of rotatable bonds is 4. The third-order valence-corrected chi connectivity index (χ3v) is 4.68. The molecule has 0 radical (unpaired) electrons. The van der Waals surface area contributed by atoms with Gasteiger partial charge in [0.1, 0.15) is 5.82 Å². The first-order chi connectivity index (χ1) is 11.4.